The molecule has 1 N–H and O–H groups in total. The smallest absolute Gasteiger partial charge is 0.257 e. The topological polar surface area (TPSA) is 187 Å². The number of rotatable bonds is 25. The van der Waals surface area contributed by atoms with Crippen molar-refractivity contribution in [2.24, 2.45) is 0 Å². The van der Waals surface area contributed by atoms with Crippen LogP contribution < -0.4 is 14.8 Å². The lowest BCUT2D eigenvalue weighted by Gasteiger charge is -2.38. The van der Waals surface area contributed by atoms with Gasteiger partial charge in [0, 0.05) is 44.2 Å². The molecule has 3 aromatic heterocycles. The van der Waals surface area contributed by atoms with Crippen LogP contribution >= 0.6 is 0 Å². The van der Waals surface area contributed by atoms with Crippen LogP contribution in [0, 0.1) is 11.3 Å². The number of hydrogen-bond donors (Lipinski definition) is 1. The highest BCUT2D eigenvalue weighted by Crippen LogP contribution is 2.35. The number of ether oxygens (including phenoxy) is 8. The molecule has 2 fully saturated rings. The fraction of sp³-hybridized carbons (Fsp3) is 0.600. The second kappa shape index (κ2) is 23.6. The molecule has 18 heteroatoms. The van der Waals surface area contributed by atoms with Crippen LogP contribution in [0.2, 0.25) is 0 Å². The number of anilines is 2. The molecule has 58 heavy (non-hydrogen) atoms. The molecule has 0 bridgehead atoms. The van der Waals surface area contributed by atoms with Gasteiger partial charge in [-0.3, -0.25) is 9.58 Å². The lowest BCUT2D eigenvalue weighted by Crippen LogP contribution is -2.45. The Morgan fingerprint density at radius 2 is 1.52 bits per heavy atom. The summed E-state index contributed by atoms with van der Waals surface area (Å²) in [4.78, 5) is 15.8. The molecule has 4 heterocycles. The van der Waals surface area contributed by atoms with Crippen molar-refractivity contribution in [3.63, 3.8) is 0 Å². The zero-order valence-corrected chi connectivity index (χ0v) is 33.6. The third-order valence-electron chi connectivity index (χ3n) is 9.89. The number of aromatic nitrogens is 7. The Morgan fingerprint density at radius 1 is 0.862 bits per heavy atom. The summed E-state index contributed by atoms with van der Waals surface area (Å²) >= 11 is 0. The minimum atomic E-state index is -0.247. The second-order valence-corrected chi connectivity index (χ2v) is 14.0. The average molecular weight is 805 g/mol. The fourth-order valence-corrected chi connectivity index (χ4v) is 6.88. The van der Waals surface area contributed by atoms with Crippen LogP contribution in [0.4, 0.5) is 11.6 Å². The van der Waals surface area contributed by atoms with Crippen molar-refractivity contribution in [1.82, 2.24) is 39.4 Å². The van der Waals surface area contributed by atoms with E-state index in [9.17, 15) is 5.26 Å². The van der Waals surface area contributed by atoms with E-state index in [1.165, 1.54) is 6.33 Å². The second-order valence-electron chi connectivity index (χ2n) is 14.0. The summed E-state index contributed by atoms with van der Waals surface area (Å²) in [7, 11) is 1.65. The first kappa shape index (κ1) is 42.9. The maximum absolute atomic E-state index is 9.73. The van der Waals surface area contributed by atoms with Gasteiger partial charge in [0.15, 0.2) is 0 Å². The highest BCUT2D eigenvalue weighted by atomic mass is 16.6. The highest BCUT2D eigenvalue weighted by Gasteiger charge is 2.29. The summed E-state index contributed by atoms with van der Waals surface area (Å²) in [5, 5.41) is 22.1. The average Bonchev–Trinajstić information content (AvgIpc) is 3.92. The maximum atomic E-state index is 9.73. The van der Waals surface area contributed by atoms with Crippen molar-refractivity contribution >= 4 is 11.6 Å². The van der Waals surface area contributed by atoms with E-state index in [-0.39, 0.29) is 12.1 Å². The molecule has 0 unspecified atom stereocenters. The molecule has 1 saturated carbocycles. The van der Waals surface area contributed by atoms with Crippen molar-refractivity contribution in [3.05, 3.63) is 55.0 Å². The van der Waals surface area contributed by atoms with Crippen LogP contribution in [-0.4, -0.2) is 151 Å². The predicted molar refractivity (Wildman–Crippen MR) is 212 cm³/mol. The van der Waals surface area contributed by atoms with E-state index in [1.54, 1.807) is 36.6 Å². The third kappa shape index (κ3) is 13.4. The van der Waals surface area contributed by atoms with Crippen molar-refractivity contribution in [2.75, 3.05) is 105 Å². The molecule has 2 aliphatic rings. The lowest BCUT2D eigenvalue weighted by atomic mass is 9.90. The van der Waals surface area contributed by atoms with E-state index < -0.39 is 0 Å². The van der Waals surface area contributed by atoms with Crippen molar-refractivity contribution in [1.29, 1.82) is 5.26 Å². The summed E-state index contributed by atoms with van der Waals surface area (Å²) in [6.45, 7) is 10.8. The number of nitriles is 1. The third-order valence-corrected chi connectivity index (χ3v) is 9.89. The van der Waals surface area contributed by atoms with Crippen LogP contribution in [0.25, 0.3) is 11.1 Å². The molecule has 0 amide bonds. The van der Waals surface area contributed by atoms with Gasteiger partial charge in [-0.1, -0.05) is 6.07 Å². The Bertz CT molecular complexity index is 1790. The molecule has 1 aromatic carbocycles. The SMILES string of the molecule is COCCOCCOCCOCCOCCOc1nn(C2CCC(N3CCOCC3)CC2)cc1Nc1ncc(-c2ccc(C#N)c(O[C@@H](C)Cn3cncn3)c2)cn1. The van der Waals surface area contributed by atoms with E-state index in [0.29, 0.717) is 107 Å². The van der Waals surface area contributed by atoms with Gasteiger partial charge in [0.2, 0.25) is 5.95 Å². The summed E-state index contributed by atoms with van der Waals surface area (Å²) in [5.74, 6) is 1.33. The quantitative estimate of drug-likeness (QED) is 0.0949. The Balaban J connectivity index is 1.02. The molecule has 1 aliphatic heterocycles. The summed E-state index contributed by atoms with van der Waals surface area (Å²) in [6, 6.07) is 8.48. The minimum absolute atomic E-state index is 0.247. The first-order chi connectivity index (χ1) is 28.6. The molecular weight excluding hydrogens is 749 g/mol. The van der Waals surface area contributed by atoms with Crippen molar-refractivity contribution < 1.29 is 37.9 Å². The molecule has 4 aromatic rings. The number of nitrogens with one attached hydrogen (secondary N) is 1. The summed E-state index contributed by atoms with van der Waals surface area (Å²) in [6.07, 6.45) is 12.6. The molecule has 1 aliphatic carbocycles. The van der Waals surface area contributed by atoms with E-state index in [0.717, 1.165) is 63.1 Å². The molecule has 1 atom stereocenters. The first-order valence-corrected chi connectivity index (χ1v) is 20.1. The Morgan fingerprint density at radius 3 is 2.16 bits per heavy atom. The van der Waals surface area contributed by atoms with Crippen molar-refractivity contribution in [3.8, 4) is 28.8 Å². The number of morpholine rings is 1. The summed E-state index contributed by atoms with van der Waals surface area (Å²) < 4.78 is 48.8. The van der Waals surface area contributed by atoms with E-state index in [1.807, 2.05) is 29.9 Å². The lowest BCUT2D eigenvalue weighted by molar-refractivity contribution is -0.00989. The van der Waals surface area contributed by atoms with Crippen LogP contribution in [0.5, 0.6) is 11.6 Å². The molecular formula is C40H56N10O8. The van der Waals surface area contributed by atoms with Gasteiger partial charge in [0.1, 0.15) is 42.9 Å². The number of methoxy groups -OCH3 is 1. The van der Waals surface area contributed by atoms with Gasteiger partial charge < -0.3 is 43.2 Å². The van der Waals surface area contributed by atoms with Gasteiger partial charge in [-0.05, 0) is 50.3 Å². The molecule has 0 radical (unpaired) electrons. The van der Waals surface area contributed by atoms with Gasteiger partial charge in [-0.25, -0.2) is 19.6 Å². The number of benzene rings is 1. The molecule has 314 valence electrons. The zero-order valence-electron chi connectivity index (χ0n) is 33.6. The standard InChI is InChI=1S/C40H56N10O8/c1-31(27-49-30-42-29-45-49)58-38-23-32(3-4-33(38)24-41)34-25-43-40(44-26-34)46-37-28-50(36-7-5-35(6-8-36)48-9-11-52-12-10-48)47-39(37)57-22-21-56-20-19-55-18-17-54-16-15-53-14-13-51-2/h3-4,23,25-26,28-31,35-36H,5-22,27H2,1-2H3,(H,43,44,46)/t31-,35?,36?/m0/s1. The maximum Gasteiger partial charge on any atom is 0.257 e. The monoisotopic (exact) mass is 804 g/mol. The van der Waals surface area contributed by atoms with E-state index in [4.69, 9.17) is 43.0 Å². The van der Waals surface area contributed by atoms with Crippen LogP contribution in [0.3, 0.4) is 0 Å². The Labute approximate surface area is 339 Å². The minimum Gasteiger partial charge on any atom is -0.487 e. The van der Waals surface area contributed by atoms with Gasteiger partial charge in [-0.2, -0.15) is 10.4 Å². The van der Waals surface area contributed by atoms with Crippen LogP contribution in [0.15, 0.2) is 49.4 Å². The fourth-order valence-electron chi connectivity index (χ4n) is 6.88. The number of hydrogen-bond acceptors (Lipinski definition) is 16. The van der Waals surface area contributed by atoms with E-state index >= 15 is 0 Å². The molecule has 18 nitrogen and oxygen atoms in total. The normalized spacial score (nSPS) is 17.8. The largest absolute Gasteiger partial charge is 0.487 e. The first-order valence-electron chi connectivity index (χ1n) is 20.1. The van der Waals surface area contributed by atoms with Crippen molar-refractivity contribution in [2.45, 2.75) is 57.3 Å². The predicted octanol–water partition coefficient (Wildman–Crippen LogP) is 3.92. The Kier molecular flexibility index (Phi) is 17.4. The molecule has 0 spiro atoms. The van der Waals surface area contributed by atoms with E-state index in [2.05, 4.69) is 36.3 Å². The van der Waals surface area contributed by atoms with Crippen LogP contribution in [-0.2, 0) is 35.0 Å². The van der Waals surface area contributed by atoms with Gasteiger partial charge in [0.05, 0.1) is 97.0 Å². The van der Waals surface area contributed by atoms with Crippen LogP contribution in [0.1, 0.15) is 44.2 Å². The van der Waals surface area contributed by atoms with Gasteiger partial charge >= 0.3 is 0 Å². The van der Waals surface area contributed by atoms with Gasteiger partial charge in [0.25, 0.3) is 5.88 Å². The van der Waals surface area contributed by atoms with Gasteiger partial charge in [-0.15, -0.1) is 5.10 Å². The highest BCUT2D eigenvalue weighted by molar-refractivity contribution is 5.67. The number of nitrogens with zero attached hydrogens (tertiary/aromatic N) is 9. The molecule has 6 rings (SSSR count). The summed E-state index contributed by atoms with van der Waals surface area (Å²) in [5.41, 5.74) is 2.69. The zero-order chi connectivity index (χ0) is 40.2. The molecule has 1 saturated heterocycles. The Hall–Kier alpha value is -4.74.